The lowest BCUT2D eigenvalue weighted by atomic mass is 10.1. The van der Waals surface area contributed by atoms with Gasteiger partial charge in [-0.1, -0.05) is 41.9 Å². The number of nitrogens with zero attached hydrogens (tertiary/aromatic N) is 2. The highest BCUT2D eigenvalue weighted by Crippen LogP contribution is 2.27. The fraction of sp³-hybridized carbons (Fsp3) is 0.263. The number of hydrogen-bond donors (Lipinski definition) is 0. The van der Waals surface area contributed by atoms with Gasteiger partial charge in [-0.05, 0) is 12.1 Å². The molecule has 2 aromatic rings. The van der Waals surface area contributed by atoms with Crippen LogP contribution in [-0.4, -0.2) is 48.0 Å². The Labute approximate surface area is 165 Å². The van der Waals surface area contributed by atoms with E-state index in [1.165, 1.54) is 12.1 Å². The zero-order valence-corrected chi connectivity index (χ0v) is 15.5. The van der Waals surface area contributed by atoms with Crippen molar-refractivity contribution in [1.82, 2.24) is 4.90 Å². The molecule has 1 saturated heterocycles. The second-order valence-corrected chi connectivity index (χ2v) is 6.46. The molecule has 1 heterocycles. The number of nitro benzene ring substituents is 1. The van der Waals surface area contributed by atoms with Crippen molar-refractivity contribution >= 4 is 29.2 Å². The summed E-state index contributed by atoms with van der Waals surface area (Å²) in [7, 11) is 0. The SMILES string of the molecule is O=C(O[C@@H](C(=O)N1CCOCC1)c1ccccc1)c1ccc(Cl)c([N+](=O)[O-])c1. The quantitative estimate of drug-likeness (QED) is 0.431. The van der Waals surface area contributed by atoms with Crippen molar-refractivity contribution in [1.29, 1.82) is 0 Å². The molecule has 0 saturated carbocycles. The van der Waals surface area contributed by atoms with E-state index in [0.717, 1.165) is 6.07 Å². The van der Waals surface area contributed by atoms with Crippen LogP contribution in [0.1, 0.15) is 22.0 Å². The van der Waals surface area contributed by atoms with Crippen LogP contribution in [0, 0.1) is 10.1 Å². The van der Waals surface area contributed by atoms with Gasteiger partial charge >= 0.3 is 5.97 Å². The largest absolute Gasteiger partial charge is 0.444 e. The summed E-state index contributed by atoms with van der Waals surface area (Å²) in [6.45, 7) is 1.60. The van der Waals surface area contributed by atoms with Gasteiger partial charge in [0, 0.05) is 24.7 Å². The lowest BCUT2D eigenvalue weighted by molar-refractivity contribution is -0.384. The molecule has 1 atom stereocenters. The van der Waals surface area contributed by atoms with Crippen molar-refractivity contribution in [3.63, 3.8) is 0 Å². The zero-order valence-electron chi connectivity index (χ0n) is 14.7. The number of halogens is 1. The predicted octanol–water partition coefficient (Wildman–Crippen LogP) is 3.01. The third-order valence-electron chi connectivity index (χ3n) is 4.25. The van der Waals surface area contributed by atoms with Crippen LogP contribution < -0.4 is 0 Å². The minimum absolute atomic E-state index is 0.0631. The average Bonchev–Trinajstić information content (AvgIpc) is 2.72. The number of amides is 1. The second-order valence-electron chi connectivity index (χ2n) is 6.06. The maximum Gasteiger partial charge on any atom is 0.339 e. The minimum atomic E-state index is -1.17. The molecule has 0 radical (unpaired) electrons. The van der Waals surface area contributed by atoms with Crippen LogP contribution in [0.3, 0.4) is 0 Å². The Morgan fingerprint density at radius 1 is 1.14 bits per heavy atom. The molecule has 1 aliphatic rings. The summed E-state index contributed by atoms with van der Waals surface area (Å²) in [5.74, 6) is -1.22. The molecule has 28 heavy (non-hydrogen) atoms. The number of hydrogen-bond acceptors (Lipinski definition) is 6. The first-order valence-corrected chi connectivity index (χ1v) is 8.91. The fourth-order valence-electron chi connectivity index (χ4n) is 2.79. The lowest BCUT2D eigenvalue weighted by Gasteiger charge is -2.30. The van der Waals surface area contributed by atoms with Gasteiger partial charge in [0.15, 0.2) is 0 Å². The summed E-state index contributed by atoms with van der Waals surface area (Å²) in [5, 5.41) is 11.0. The van der Waals surface area contributed by atoms with Crippen molar-refractivity contribution in [2.75, 3.05) is 26.3 Å². The topological polar surface area (TPSA) is 99.0 Å². The van der Waals surface area contributed by atoms with Gasteiger partial charge in [-0.25, -0.2) is 4.79 Å². The number of ether oxygens (including phenoxy) is 2. The van der Waals surface area contributed by atoms with Gasteiger partial charge in [0.05, 0.1) is 23.7 Å². The number of morpholine rings is 1. The molecule has 1 aliphatic heterocycles. The molecule has 2 aromatic carbocycles. The van der Waals surface area contributed by atoms with Gasteiger partial charge in [-0.15, -0.1) is 0 Å². The first-order valence-electron chi connectivity index (χ1n) is 8.54. The number of carbonyl (C=O) groups is 2. The van der Waals surface area contributed by atoms with Crippen molar-refractivity contribution in [3.05, 3.63) is 74.8 Å². The molecule has 0 bridgehead atoms. The Hall–Kier alpha value is -2.97. The van der Waals surface area contributed by atoms with E-state index in [1.807, 2.05) is 0 Å². The van der Waals surface area contributed by atoms with Gasteiger partial charge in [0.25, 0.3) is 11.6 Å². The molecule has 0 aromatic heterocycles. The fourth-order valence-corrected chi connectivity index (χ4v) is 2.98. The molecule has 0 spiro atoms. The molecule has 8 nitrogen and oxygen atoms in total. The highest BCUT2D eigenvalue weighted by Gasteiger charge is 2.31. The van der Waals surface area contributed by atoms with Gasteiger partial charge in [-0.3, -0.25) is 14.9 Å². The Balaban J connectivity index is 1.87. The summed E-state index contributed by atoms with van der Waals surface area (Å²) in [5.41, 5.74) is 0.0366. The van der Waals surface area contributed by atoms with Gasteiger partial charge in [0.1, 0.15) is 5.02 Å². The molecule has 146 valence electrons. The van der Waals surface area contributed by atoms with Crippen molar-refractivity contribution < 1.29 is 24.0 Å². The summed E-state index contributed by atoms with van der Waals surface area (Å²) in [6, 6.07) is 12.2. The Morgan fingerprint density at radius 2 is 1.82 bits per heavy atom. The molecular weight excluding hydrogens is 388 g/mol. The Morgan fingerprint density at radius 3 is 2.46 bits per heavy atom. The molecule has 9 heteroatoms. The average molecular weight is 405 g/mol. The van der Waals surface area contributed by atoms with Crippen LogP contribution in [0.15, 0.2) is 48.5 Å². The first kappa shape index (κ1) is 19.8. The normalized spacial score (nSPS) is 15.0. The van der Waals surface area contributed by atoms with Crippen LogP contribution in [0.25, 0.3) is 0 Å². The van der Waals surface area contributed by atoms with E-state index in [4.69, 9.17) is 21.1 Å². The molecule has 1 amide bonds. The summed E-state index contributed by atoms with van der Waals surface area (Å²) < 4.78 is 10.7. The van der Waals surface area contributed by atoms with E-state index >= 15 is 0 Å². The van der Waals surface area contributed by atoms with E-state index < -0.39 is 22.7 Å². The molecule has 1 fully saturated rings. The number of carbonyl (C=O) groups excluding carboxylic acids is 2. The summed E-state index contributed by atoms with van der Waals surface area (Å²) >= 11 is 5.78. The molecule has 0 N–H and O–H groups in total. The van der Waals surface area contributed by atoms with Crippen LogP contribution in [0.5, 0.6) is 0 Å². The van der Waals surface area contributed by atoms with Crippen LogP contribution in [0.4, 0.5) is 5.69 Å². The Bertz CT molecular complexity index is 883. The van der Waals surface area contributed by atoms with Crippen molar-refractivity contribution in [2.24, 2.45) is 0 Å². The van der Waals surface area contributed by atoms with Crippen LogP contribution in [0.2, 0.25) is 5.02 Å². The van der Waals surface area contributed by atoms with E-state index in [-0.39, 0.29) is 16.5 Å². The highest BCUT2D eigenvalue weighted by molar-refractivity contribution is 6.32. The standard InChI is InChI=1S/C19H17ClN2O6/c20-15-7-6-14(12-16(15)22(25)26)19(24)28-17(13-4-2-1-3-5-13)18(23)21-8-10-27-11-9-21/h1-7,12,17H,8-11H2/t17-/m1/s1. The van der Waals surface area contributed by atoms with E-state index in [1.54, 1.807) is 35.2 Å². The minimum Gasteiger partial charge on any atom is -0.444 e. The van der Waals surface area contributed by atoms with Crippen LogP contribution in [-0.2, 0) is 14.3 Å². The van der Waals surface area contributed by atoms with Gasteiger partial charge in [-0.2, -0.15) is 0 Å². The maximum absolute atomic E-state index is 13.0. The Kier molecular flexibility index (Phi) is 6.23. The third kappa shape index (κ3) is 4.47. The molecule has 3 rings (SSSR count). The smallest absolute Gasteiger partial charge is 0.339 e. The number of esters is 1. The highest BCUT2D eigenvalue weighted by atomic mass is 35.5. The molecular formula is C19H17ClN2O6. The molecule has 0 unspecified atom stereocenters. The maximum atomic E-state index is 13.0. The number of rotatable bonds is 5. The van der Waals surface area contributed by atoms with E-state index in [2.05, 4.69) is 0 Å². The second kappa shape index (κ2) is 8.81. The van der Waals surface area contributed by atoms with Crippen molar-refractivity contribution in [2.45, 2.75) is 6.10 Å². The van der Waals surface area contributed by atoms with Gasteiger partial charge in [0.2, 0.25) is 6.10 Å². The predicted molar refractivity (Wildman–Crippen MR) is 100 cm³/mol. The zero-order chi connectivity index (χ0) is 20.1. The van der Waals surface area contributed by atoms with Crippen molar-refractivity contribution in [3.8, 4) is 0 Å². The van der Waals surface area contributed by atoms with Crippen LogP contribution >= 0.6 is 11.6 Å². The monoisotopic (exact) mass is 404 g/mol. The molecule has 0 aliphatic carbocycles. The van der Waals surface area contributed by atoms with Gasteiger partial charge < -0.3 is 14.4 Å². The number of nitro groups is 1. The summed E-state index contributed by atoms with van der Waals surface area (Å²) in [6.07, 6.45) is -1.17. The van der Waals surface area contributed by atoms with E-state index in [0.29, 0.717) is 31.9 Å². The first-order chi connectivity index (χ1) is 13.5. The third-order valence-corrected chi connectivity index (χ3v) is 4.57. The van der Waals surface area contributed by atoms with E-state index in [9.17, 15) is 19.7 Å². The summed E-state index contributed by atoms with van der Waals surface area (Å²) in [4.78, 5) is 37.5. The lowest BCUT2D eigenvalue weighted by Crippen LogP contribution is -2.44. The number of benzene rings is 2.